The number of nitrogens with two attached hydrogens (primary N) is 1. The molecule has 0 bridgehead atoms. The zero-order chi connectivity index (χ0) is 10.3. The van der Waals surface area contributed by atoms with E-state index >= 15 is 0 Å². The van der Waals surface area contributed by atoms with Crippen molar-refractivity contribution in [3.8, 4) is 0 Å². The average Bonchev–Trinajstić information content (AvgIpc) is 2.43. The normalized spacial score (nSPS) is 10.7. The fourth-order valence-electron chi connectivity index (χ4n) is 1.52. The molecule has 1 amide bonds. The molecule has 2 rings (SSSR count). The fraction of sp³-hybridized carbons (Fsp3) is 0.200. The molecule has 2 N–H and O–H groups in total. The van der Waals surface area contributed by atoms with Crippen LogP contribution in [0, 0.1) is 13.8 Å². The van der Waals surface area contributed by atoms with Crippen LogP contribution in [-0.4, -0.2) is 15.3 Å². The highest BCUT2D eigenvalue weighted by Gasteiger charge is 2.12. The summed E-state index contributed by atoms with van der Waals surface area (Å²) >= 11 is 0. The van der Waals surface area contributed by atoms with E-state index in [-0.39, 0.29) is 0 Å². The Morgan fingerprint density at radius 2 is 2.21 bits per heavy atom. The molecule has 0 aliphatic heterocycles. The second kappa shape index (κ2) is 2.83. The van der Waals surface area contributed by atoms with Crippen molar-refractivity contribution in [2.75, 3.05) is 0 Å². The Balaban J connectivity index is 2.85. The van der Waals surface area contributed by atoms with Gasteiger partial charge in [-0.25, -0.2) is 4.98 Å². The lowest BCUT2D eigenvalue weighted by molar-refractivity contribution is 0.0997. The van der Waals surface area contributed by atoms with Crippen LogP contribution in [0.4, 0.5) is 0 Å². The van der Waals surface area contributed by atoms with E-state index in [2.05, 4.69) is 4.98 Å². The fourth-order valence-corrected chi connectivity index (χ4v) is 1.52. The quantitative estimate of drug-likeness (QED) is 0.728. The maximum absolute atomic E-state index is 11.1. The van der Waals surface area contributed by atoms with Gasteiger partial charge in [0, 0.05) is 6.20 Å². The minimum absolute atomic E-state index is 0.339. The summed E-state index contributed by atoms with van der Waals surface area (Å²) in [5.41, 5.74) is 7.42. The zero-order valence-electron chi connectivity index (χ0n) is 8.11. The number of primary amides is 1. The maximum atomic E-state index is 11.1. The highest BCUT2D eigenvalue weighted by Crippen LogP contribution is 2.13. The van der Waals surface area contributed by atoms with Gasteiger partial charge in [0.2, 0.25) is 0 Å². The number of aromatic nitrogens is 2. The summed E-state index contributed by atoms with van der Waals surface area (Å²) in [6.45, 7) is 3.81. The van der Waals surface area contributed by atoms with E-state index < -0.39 is 5.91 Å². The van der Waals surface area contributed by atoms with Gasteiger partial charge in [0.15, 0.2) is 5.69 Å². The molecule has 72 valence electrons. The van der Waals surface area contributed by atoms with Gasteiger partial charge in [0.05, 0.1) is 5.52 Å². The van der Waals surface area contributed by atoms with Crippen LogP contribution in [-0.2, 0) is 0 Å². The van der Waals surface area contributed by atoms with Crippen molar-refractivity contribution in [1.82, 2.24) is 9.38 Å². The van der Waals surface area contributed by atoms with Crippen LogP contribution in [0.5, 0.6) is 0 Å². The molecule has 2 aromatic rings. The number of imidazole rings is 1. The molecule has 0 saturated heterocycles. The van der Waals surface area contributed by atoms with Gasteiger partial charge in [0.25, 0.3) is 5.91 Å². The van der Waals surface area contributed by atoms with Crippen molar-refractivity contribution in [3.63, 3.8) is 0 Å². The molecule has 4 heteroatoms. The van der Waals surface area contributed by atoms with Gasteiger partial charge < -0.3 is 10.1 Å². The van der Waals surface area contributed by atoms with E-state index in [1.165, 1.54) is 0 Å². The van der Waals surface area contributed by atoms with E-state index in [0.717, 1.165) is 16.9 Å². The summed E-state index contributed by atoms with van der Waals surface area (Å²) in [6.07, 6.45) is 1.89. The van der Waals surface area contributed by atoms with Gasteiger partial charge in [-0.2, -0.15) is 0 Å². The third-order valence-corrected chi connectivity index (χ3v) is 2.21. The molecule has 0 spiro atoms. The predicted octanol–water partition coefficient (Wildman–Crippen LogP) is 1.05. The number of pyridine rings is 1. The number of carbonyl (C=O) groups excluding carboxylic acids is 1. The number of aryl methyl sites for hydroxylation is 2. The summed E-state index contributed by atoms with van der Waals surface area (Å²) in [6, 6.07) is 3.87. The second-order valence-electron chi connectivity index (χ2n) is 3.33. The number of amides is 1. The first-order valence-electron chi connectivity index (χ1n) is 4.34. The first kappa shape index (κ1) is 8.74. The van der Waals surface area contributed by atoms with Gasteiger partial charge in [-0.3, -0.25) is 4.79 Å². The van der Waals surface area contributed by atoms with Crippen molar-refractivity contribution in [1.29, 1.82) is 0 Å². The average molecular weight is 189 g/mol. The SMILES string of the molecule is Cc1ccn2c(C)nc(C(N)=O)c2c1. The standard InChI is InChI=1S/C10H11N3O/c1-6-3-4-13-7(2)12-9(10(11)14)8(13)5-6/h3-5H,1-2H3,(H2,11,14). The number of rotatable bonds is 1. The largest absolute Gasteiger partial charge is 0.364 e. The summed E-state index contributed by atoms with van der Waals surface area (Å²) < 4.78 is 1.85. The van der Waals surface area contributed by atoms with Crippen LogP contribution < -0.4 is 5.73 Å². The van der Waals surface area contributed by atoms with Gasteiger partial charge >= 0.3 is 0 Å². The molecule has 0 fully saturated rings. The zero-order valence-corrected chi connectivity index (χ0v) is 8.11. The minimum atomic E-state index is -0.485. The predicted molar refractivity (Wildman–Crippen MR) is 53.2 cm³/mol. The molecule has 0 unspecified atom stereocenters. The molecule has 14 heavy (non-hydrogen) atoms. The summed E-state index contributed by atoms with van der Waals surface area (Å²) in [4.78, 5) is 15.2. The number of nitrogens with zero attached hydrogens (tertiary/aromatic N) is 2. The van der Waals surface area contributed by atoms with Crippen molar-refractivity contribution < 1.29 is 4.79 Å². The van der Waals surface area contributed by atoms with Gasteiger partial charge in [-0.1, -0.05) is 0 Å². The topological polar surface area (TPSA) is 60.4 Å². The molecule has 0 aromatic carbocycles. The van der Waals surface area contributed by atoms with E-state index in [1.54, 1.807) is 0 Å². The van der Waals surface area contributed by atoms with Crippen molar-refractivity contribution >= 4 is 11.4 Å². The first-order valence-corrected chi connectivity index (χ1v) is 4.34. The third kappa shape index (κ3) is 1.16. The van der Waals surface area contributed by atoms with Crippen LogP contribution in [0.3, 0.4) is 0 Å². The summed E-state index contributed by atoms with van der Waals surface area (Å²) in [7, 11) is 0. The Morgan fingerprint density at radius 1 is 1.50 bits per heavy atom. The van der Waals surface area contributed by atoms with Crippen LogP contribution >= 0.6 is 0 Å². The Hall–Kier alpha value is -1.84. The molecule has 2 aromatic heterocycles. The number of carbonyl (C=O) groups is 1. The number of hydrogen-bond donors (Lipinski definition) is 1. The van der Waals surface area contributed by atoms with E-state index in [4.69, 9.17) is 5.73 Å². The van der Waals surface area contributed by atoms with Crippen molar-refractivity contribution in [2.45, 2.75) is 13.8 Å². The lowest BCUT2D eigenvalue weighted by atomic mass is 10.2. The summed E-state index contributed by atoms with van der Waals surface area (Å²) in [5.74, 6) is 0.287. The van der Waals surface area contributed by atoms with Gasteiger partial charge in [-0.15, -0.1) is 0 Å². The molecular weight excluding hydrogens is 178 g/mol. The number of hydrogen-bond acceptors (Lipinski definition) is 2. The Bertz CT molecular complexity index is 513. The van der Waals surface area contributed by atoms with Crippen molar-refractivity contribution in [2.24, 2.45) is 5.73 Å². The summed E-state index contributed by atoms with van der Waals surface area (Å²) in [5, 5.41) is 0. The van der Waals surface area contributed by atoms with E-state index in [0.29, 0.717) is 5.69 Å². The highest BCUT2D eigenvalue weighted by molar-refractivity contribution is 5.98. The minimum Gasteiger partial charge on any atom is -0.364 e. The van der Waals surface area contributed by atoms with E-state index in [1.807, 2.05) is 36.6 Å². The van der Waals surface area contributed by atoms with Gasteiger partial charge in [0.1, 0.15) is 5.82 Å². The Labute approximate surface area is 81.4 Å². The van der Waals surface area contributed by atoms with Crippen LogP contribution in [0.15, 0.2) is 18.3 Å². The maximum Gasteiger partial charge on any atom is 0.269 e. The highest BCUT2D eigenvalue weighted by atomic mass is 16.1. The van der Waals surface area contributed by atoms with Crippen molar-refractivity contribution in [3.05, 3.63) is 35.4 Å². The third-order valence-electron chi connectivity index (χ3n) is 2.21. The smallest absolute Gasteiger partial charge is 0.269 e. The number of fused-ring (bicyclic) bond motifs is 1. The van der Waals surface area contributed by atoms with Gasteiger partial charge in [-0.05, 0) is 31.5 Å². The molecule has 4 nitrogen and oxygen atoms in total. The second-order valence-corrected chi connectivity index (χ2v) is 3.33. The first-order chi connectivity index (χ1) is 6.59. The van der Waals surface area contributed by atoms with Crippen LogP contribution in [0.2, 0.25) is 0 Å². The van der Waals surface area contributed by atoms with Crippen LogP contribution in [0.1, 0.15) is 21.9 Å². The molecule has 2 heterocycles. The van der Waals surface area contributed by atoms with E-state index in [9.17, 15) is 4.79 Å². The molecular formula is C10H11N3O. The lowest BCUT2D eigenvalue weighted by Gasteiger charge is -1.97. The monoisotopic (exact) mass is 189 g/mol. The lowest BCUT2D eigenvalue weighted by Crippen LogP contribution is -2.11. The Kier molecular flexibility index (Phi) is 1.77. The molecule has 0 aliphatic carbocycles. The molecule has 0 saturated carbocycles. The van der Waals surface area contributed by atoms with Crippen LogP contribution in [0.25, 0.3) is 5.52 Å². The Morgan fingerprint density at radius 3 is 2.86 bits per heavy atom. The molecule has 0 aliphatic rings. The molecule has 0 radical (unpaired) electrons. The molecule has 0 atom stereocenters.